The highest BCUT2D eigenvalue weighted by Gasteiger charge is 2.23. The average molecular weight is 206 g/mol. The summed E-state index contributed by atoms with van der Waals surface area (Å²) in [7, 11) is 0. The van der Waals surface area contributed by atoms with Crippen LogP contribution in [0.4, 0.5) is 0 Å². The van der Waals surface area contributed by atoms with Crippen LogP contribution in [0, 0.1) is 13.8 Å². The molecule has 0 bridgehead atoms. The lowest BCUT2D eigenvalue weighted by Crippen LogP contribution is -1.84. The van der Waals surface area contributed by atoms with Crippen molar-refractivity contribution in [3.63, 3.8) is 0 Å². The molecule has 1 aliphatic carbocycles. The van der Waals surface area contributed by atoms with Gasteiger partial charge in [0, 0.05) is 0 Å². The molecule has 0 N–H and O–H groups in total. The summed E-state index contributed by atoms with van der Waals surface area (Å²) in [6, 6.07) is 6.86. The monoisotopic (exact) mass is 206 g/mol. The zero-order valence-corrected chi connectivity index (χ0v) is 11.2. The van der Waals surface area contributed by atoms with Gasteiger partial charge in [-0.05, 0) is 49.3 Å². The summed E-state index contributed by atoms with van der Waals surface area (Å²) in [6.45, 7) is 12.4. The van der Waals surface area contributed by atoms with E-state index in [1.807, 2.05) is 27.7 Å². The van der Waals surface area contributed by atoms with Crippen molar-refractivity contribution in [1.82, 2.24) is 0 Å². The third-order valence-electron chi connectivity index (χ3n) is 2.58. The van der Waals surface area contributed by atoms with E-state index in [2.05, 4.69) is 32.0 Å². The van der Waals surface area contributed by atoms with Crippen molar-refractivity contribution in [2.45, 2.75) is 60.3 Å². The Kier molecular flexibility index (Phi) is 7.11. The molecule has 15 heavy (non-hydrogen) atoms. The third-order valence-corrected chi connectivity index (χ3v) is 2.58. The molecule has 0 amide bonds. The van der Waals surface area contributed by atoms with Crippen LogP contribution in [0.25, 0.3) is 0 Å². The highest BCUT2D eigenvalue weighted by molar-refractivity contribution is 5.33. The van der Waals surface area contributed by atoms with Crippen LogP contribution in [-0.4, -0.2) is 0 Å². The zero-order chi connectivity index (χ0) is 11.8. The van der Waals surface area contributed by atoms with E-state index in [9.17, 15) is 0 Å². The Morgan fingerprint density at radius 2 is 1.40 bits per heavy atom. The Morgan fingerprint density at radius 3 is 1.80 bits per heavy atom. The number of hydrogen-bond donors (Lipinski definition) is 0. The van der Waals surface area contributed by atoms with Gasteiger partial charge < -0.3 is 0 Å². The van der Waals surface area contributed by atoms with Crippen molar-refractivity contribution in [2.75, 3.05) is 0 Å². The van der Waals surface area contributed by atoms with Gasteiger partial charge in [0.2, 0.25) is 0 Å². The maximum Gasteiger partial charge on any atom is -0.0161 e. The topological polar surface area (TPSA) is 0 Å². The second-order valence-corrected chi connectivity index (χ2v) is 3.62. The first-order valence-electron chi connectivity index (χ1n) is 6.34. The van der Waals surface area contributed by atoms with Gasteiger partial charge in [-0.25, -0.2) is 0 Å². The summed E-state index contributed by atoms with van der Waals surface area (Å²) in [6.07, 6.45) is 2.81. The fourth-order valence-electron chi connectivity index (χ4n) is 1.44. The molecule has 0 heterocycles. The molecule has 0 radical (unpaired) electrons. The molecular weight excluding hydrogens is 180 g/mol. The molecule has 86 valence electrons. The van der Waals surface area contributed by atoms with Gasteiger partial charge >= 0.3 is 0 Å². The lowest BCUT2D eigenvalue weighted by atomic mass is 10.0. The normalized spacial score (nSPS) is 13.2. The predicted octanol–water partition coefficient (Wildman–Crippen LogP) is 5.23. The lowest BCUT2D eigenvalue weighted by Gasteiger charge is -2.02. The van der Waals surface area contributed by atoms with E-state index in [0.29, 0.717) is 0 Å². The number of rotatable bonds is 1. The molecule has 1 saturated carbocycles. The Bertz CT molecular complexity index is 269. The van der Waals surface area contributed by atoms with Crippen LogP contribution in [0.5, 0.6) is 0 Å². The van der Waals surface area contributed by atoms with Gasteiger partial charge in [-0.1, -0.05) is 45.9 Å². The quantitative estimate of drug-likeness (QED) is 0.590. The van der Waals surface area contributed by atoms with Crippen molar-refractivity contribution in [3.05, 3.63) is 34.9 Å². The smallest absolute Gasteiger partial charge is 0.0161 e. The zero-order valence-electron chi connectivity index (χ0n) is 11.2. The minimum absolute atomic E-state index is 0.897. The number of aryl methyl sites for hydroxylation is 2. The predicted molar refractivity (Wildman–Crippen MR) is 70.6 cm³/mol. The van der Waals surface area contributed by atoms with Crippen molar-refractivity contribution < 1.29 is 0 Å². The summed E-state index contributed by atoms with van der Waals surface area (Å²) in [5, 5.41) is 0. The third kappa shape index (κ3) is 4.51. The maximum absolute atomic E-state index is 2.34. The molecule has 0 aromatic heterocycles. The highest BCUT2D eigenvalue weighted by atomic mass is 14.3. The summed E-state index contributed by atoms with van der Waals surface area (Å²) in [5.74, 6) is 0.897. The van der Waals surface area contributed by atoms with Crippen LogP contribution < -0.4 is 0 Å². The molecule has 0 spiro atoms. The largest absolute Gasteiger partial charge is 0.0683 e. The lowest BCUT2D eigenvalue weighted by molar-refractivity contribution is 1.11. The molecule has 0 unspecified atom stereocenters. The Labute approximate surface area is 95.7 Å². The molecule has 0 atom stereocenters. The van der Waals surface area contributed by atoms with Gasteiger partial charge in [-0.2, -0.15) is 0 Å². The molecular formula is C15H26. The summed E-state index contributed by atoms with van der Waals surface area (Å²) < 4.78 is 0. The maximum atomic E-state index is 2.34. The second kappa shape index (κ2) is 7.50. The number of benzene rings is 1. The SMILES string of the molecule is CC.CC.Cc1ccc(C2CC2)cc1C. The minimum atomic E-state index is 0.897. The minimum Gasteiger partial charge on any atom is -0.0683 e. The average Bonchev–Trinajstić information content (AvgIpc) is 3.12. The fourth-order valence-corrected chi connectivity index (χ4v) is 1.44. The summed E-state index contributed by atoms with van der Waals surface area (Å²) in [5.41, 5.74) is 4.40. The molecule has 1 aliphatic rings. The van der Waals surface area contributed by atoms with Crippen LogP contribution >= 0.6 is 0 Å². The first-order valence-corrected chi connectivity index (χ1v) is 6.34. The Morgan fingerprint density at radius 1 is 0.867 bits per heavy atom. The molecule has 1 aromatic carbocycles. The highest BCUT2D eigenvalue weighted by Crippen LogP contribution is 2.40. The Hall–Kier alpha value is -0.780. The van der Waals surface area contributed by atoms with E-state index < -0.39 is 0 Å². The summed E-state index contributed by atoms with van der Waals surface area (Å²) in [4.78, 5) is 0. The fraction of sp³-hybridized carbons (Fsp3) is 0.600. The summed E-state index contributed by atoms with van der Waals surface area (Å²) >= 11 is 0. The van der Waals surface area contributed by atoms with E-state index in [4.69, 9.17) is 0 Å². The molecule has 2 rings (SSSR count). The van der Waals surface area contributed by atoms with E-state index in [0.717, 1.165) is 5.92 Å². The van der Waals surface area contributed by atoms with Crippen LogP contribution in [0.15, 0.2) is 18.2 Å². The van der Waals surface area contributed by atoms with Crippen molar-refractivity contribution in [2.24, 2.45) is 0 Å². The van der Waals surface area contributed by atoms with Crippen LogP contribution in [-0.2, 0) is 0 Å². The van der Waals surface area contributed by atoms with Gasteiger partial charge in [0.05, 0.1) is 0 Å². The van der Waals surface area contributed by atoms with Crippen LogP contribution in [0.2, 0.25) is 0 Å². The van der Waals surface area contributed by atoms with E-state index in [-0.39, 0.29) is 0 Å². The first kappa shape index (κ1) is 14.2. The molecule has 0 saturated heterocycles. The van der Waals surface area contributed by atoms with Gasteiger partial charge in [-0.3, -0.25) is 0 Å². The van der Waals surface area contributed by atoms with Crippen molar-refractivity contribution in [1.29, 1.82) is 0 Å². The molecule has 0 aliphatic heterocycles. The molecule has 0 heteroatoms. The van der Waals surface area contributed by atoms with E-state index in [1.165, 1.54) is 24.0 Å². The molecule has 1 fully saturated rings. The second-order valence-electron chi connectivity index (χ2n) is 3.62. The van der Waals surface area contributed by atoms with Crippen molar-refractivity contribution >= 4 is 0 Å². The van der Waals surface area contributed by atoms with Crippen LogP contribution in [0.3, 0.4) is 0 Å². The van der Waals surface area contributed by atoms with Crippen LogP contribution in [0.1, 0.15) is 63.1 Å². The Balaban J connectivity index is 0.000000442. The van der Waals surface area contributed by atoms with E-state index >= 15 is 0 Å². The molecule has 1 aromatic rings. The van der Waals surface area contributed by atoms with Gasteiger partial charge in [0.1, 0.15) is 0 Å². The standard InChI is InChI=1S/C11H14.2C2H6/c1-8-3-4-11(7-9(8)2)10-5-6-10;2*1-2/h3-4,7,10H,5-6H2,1-2H3;2*1-2H3. The van der Waals surface area contributed by atoms with Gasteiger partial charge in [0.25, 0.3) is 0 Å². The number of hydrogen-bond acceptors (Lipinski definition) is 0. The van der Waals surface area contributed by atoms with Gasteiger partial charge in [0.15, 0.2) is 0 Å². The van der Waals surface area contributed by atoms with Crippen molar-refractivity contribution in [3.8, 4) is 0 Å². The van der Waals surface area contributed by atoms with Gasteiger partial charge in [-0.15, -0.1) is 0 Å². The first-order chi connectivity index (χ1) is 7.27. The molecule has 0 nitrogen and oxygen atoms in total. The van der Waals surface area contributed by atoms with E-state index in [1.54, 1.807) is 5.56 Å².